The number of aliphatic hydroxyl groups is 1. The zero-order chi connectivity index (χ0) is 39.5. The molecular weight excluding hydrogens is 656 g/mol. The molecule has 3 unspecified atom stereocenters. The summed E-state index contributed by atoms with van der Waals surface area (Å²) in [5, 5.41) is 10.0. The van der Waals surface area contributed by atoms with Crippen molar-refractivity contribution in [2.75, 3.05) is 26.9 Å². The third-order valence-electron chi connectivity index (χ3n) is 8.12. The van der Waals surface area contributed by atoms with Crippen molar-refractivity contribution in [3.05, 3.63) is 0 Å². The largest absolute Gasteiger partial charge is 0.388 e. The quantitative estimate of drug-likeness (QED) is 0.213. The molecule has 11 heteroatoms. The molecule has 3 aliphatic rings. The van der Waals surface area contributed by atoms with Crippen LogP contribution < -0.4 is 0 Å². The average molecular weight is 737 g/mol. The lowest BCUT2D eigenvalue weighted by atomic mass is 10.1. The van der Waals surface area contributed by atoms with Gasteiger partial charge in [-0.3, -0.25) is 0 Å². The van der Waals surface area contributed by atoms with E-state index in [1.54, 1.807) is 7.11 Å². The van der Waals surface area contributed by atoms with Crippen LogP contribution in [0.25, 0.3) is 0 Å². The van der Waals surface area contributed by atoms with Gasteiger partial charge >= 0.3 is 0 Å². The number of methoxy groups -OCH3 is 1. The smallest absolute Gasteiger partial charge is 0.115 e. The Hall–Kier alpha value is -0.440. The van der Waals surface area contributed by atoms with Crippen molar-refractivity contribution >= 4 is 0 Å². The molecule has 0 aliphatic carbocycles. The number of rotatable bonds is 13. The zero-order valence-corrected chi connectivity index (χ0v) is 35.9. The van der Waals surface area contributed by atoms with E-state index in [9.17, 15) is 5.11 Å². The van der Waals surface area contributed by atoms with Crippen molar-refractivity contribution < 1.29 is 52.5 Å². The lowest BCUT2D eigenvalue weighted by Gasteiger charge is -2.27. The lowest BCUT2D eigenvalue weighted by molar-refractivity contribution is -0.113. The minimum Gasteiger partial charge on any atom is -0.388 e. The molecule has 1 N–H and O–H groups in total. The van der Waals surface area contributed by atoms with Gasteiger partial charge in [-0.1, -0.05) is 0 Å². The zero-order valence-electron chi connectivity index (χ0n) is 35.9. The van der Waals surface area contributed by atoms with Gasteiger partial charge in [-0.15, -0.1) is 0 Å². The Labute approximate surface area is 312 Å². The molecule has 0 aromatic carbocycles. The van der Waals surface area contributed by atoms with Crippen molar-refractivity contribution in [1.82, 2.24) is 0 Å². The van der Waals surface area contributed by atoms with Crippen molar-refractivity contribution in [1.29, 1.82) is 0 Å². The van der Waals surface area contributed by atoms with Crippen LogP contribution in [0.1, 0.15) is 131 Å². The summed E-state index contributed by atoms with van der Waals surface area (Å²) in [6, 6.07) is 0. The maximum absolute atomic E-state index is 10.0. The molecule has 3 heterocycles. The highest BCUT2D eigenvalue weighted by Crippen LogP contribution is 2.29. The van der Waals surface area contributed by atoms with Crippen LogP contribution in [-0.4, -0.2) is 134 Å². The predicted molar refractivity (Wildman–Crippen MR) is 202 cm³/mol. The molecule has 0 amide bonds. The van der Waals surface area contributed by atoms with Gasteiger partial charge in [0.25, 0.3) is 0 Å². The van der Waals surface area contributed by atoms with Gasteiger partial charge < -0.3 is 52.5 Å². The lowest BCUT2D eigenvalue weighted by Crippen LogP contribution is -2.40. The highest BCUT2D eigenvalue weighted by Gasteiger charge is 2.45. The molecule has 3 aliphatic heterocycles. The van der Waals surface area contributed by atoms with Crippen LogP contribution in [0.4, 0.5) is 0 Å². The maximum Gasteiger partial charge on any atom is 0.115 e. The first-order chi connectivity index (χ1) is 23.2. The van der Waals surface area contributed by atoms with Crippen molar-refractivity contribution in [3.8, 4) is 0 Å². The molecule has 3 fully saturated rings. The standard InChI is InChI=1S/C14H28O4.C13H26O4.C13H26O3/c1-9(2)17-13-11(8-16-14(4,5)6)18-10(3)12(13)15-7;1-8(2)16-12-10(7-15-13(4,5)6)17-9(3)11(12)14;1-9(2)15-11-7-10(3)16-12(11)8-14-13(4,5)6/h9-13H,8H2,1-7H3;8-12,14H,7H2,1-6H3;9-12H,7-8H2,1-6H3/t10-,11+,12+,13?;9-,10+,11+,12?;10-,11?,12+/m000/s1. The summed E-state index contributed by atoms with van der Waals surface area (Å²) >= 11 is 0. The second-order valence-electron chi connectivity index (χ2n) is 18.0. The van der Waals surface area contributed by atoms with Gasteiger partial charge in [-0.05, 0) is 125 Å². The summed E-state index contributed by atoms with van der Waals surface area (Å²) in [7, 11) is 1.70. The van der Waals surface area contributed by atoms with Gasteiger partial charge in [0.1, 0.15) is 42.7 Å². The maximum atomic E-state index is 10.0. The van der Waals surface area contributed by atoms with Gasteiger partial charge in [-0.25, -0.2) is 0 Å². The Balaban J connectivity index is 0.000000383. The van der Waals surface area contributed by atoms with E-state index in [4.69, 9.17) is 47.4 Å². The molecule has 11 nitrogen and oxygen atoms in total. The van der Waals surface area contributed by atoms with Gasteiger partial charge in [0, 0.05) is 13.5 Å². The highest BCUT2D eigenvalue weighted by atomic mass is 16.6. The fourth-order valence-corrected chi connectivity index (χ4v) is 5.94. The van der Waals surface area contributed by atoms with E-state index in [-0.39, 0.29) is 96.2 Å². The van der Waals surface area contributed by atoms with E-state index in [2.05, 4.69) is 41.5 Å². The fourth-order valence-electron chi connectivity index (χ4n) is 5.94. The first-order valence-corrected chi connectivity index (χ1v) is 19.3. The number of ether oxygens (including phenoxy) is 10. The predicted octanol–water partition coefficient (Wildman–Crippen LogP) is 6.91. The summed E-state index contributed by atoms with van der Waals surface area (Å²) < 4.78 is 57.7. The molecule has 0 aromatic heterocycles. The molecule has 0 aromatic rings. The molecule has 0 spiro atoms. The molecule has 0 radical (unpaired) electrons. The third kappa shape index (κ3) is 19.6. The van der Waals surface area contributed by atoms with Gasteiger partial charge in [0.2, 0.25) is 0 Å². The molecule has 306 valence electrons. The van der Waals surface area contributed by atoms with Crippen molar-refractivity contribution in [2.45, 2.75) is 233 Å². The van der Waals surface area contributed by atoms with Gasteiger partial charge in [-0.2, -0.15) is 0 Å². The Kier molecular flexibility index (Phi) is 20.6. The minimum absolute atomic E-state index is 0.0269. The Morgan fingerprint density at radius 1 is 0.549 bits per heavy atom. The molecular formula is C40H80O11. The SMILES string of the molecule is CC(C)OC1C[C@H](C)O[C@@H]1COC(C)(C)C.CC(C)OC1[C@@H](COC(C)(C)C)O[C@@H](C)[C@H]1O.CO[C@H]1C(OC(C)C)[C@@H](COC(C)(C)C)O[C@H]1C. The normalized spacial score (nSPS) is 33.1. The molecule has 3 saturated heterocycles. The summed E-state index contributed by atoms with van der Waals surface area (Å²) in [5.74, 6) is 0. The molecule has 11 atom stereocenters. The topological polar surface area (TPSA) is 113 Å². The molecule has 0 bridgehead atoms. The number of hydrogen-bond acceptors (Lipinski definition) is 11. The van der Waals surface area contributed by atoms with Crippen molar-refractivity contribution in [2.24, 2.45) is 0 Å². The fraction of sp³-hybridized carbons (Fsp3) is 1.00. The minimum atomic E-state index is -0.578. The number of hydrogen-bond donors (Lipinski definition) is 1. The van der Waals surface area contributed by atoms with Crippen LogP contribution in [0.15, 0.2) is 0 Å². The molecule has 3 rings (SSSR count). The second kappa shape index (κ2) is 21.6. The highest BCUT2D eigenvalue weighted by molar-refractivity contribution is 4.92. The summed E-state index contributed by atoms with van der Waals surface area (Å²) in [4.78, 5) is 0. The first-order valence-electron chi connectivity index (χ1n) is 19.3. The van der Waals surface area contributed by atoms with E-state index < -0.39 is 6.10 Å². The molecule has 51 heavy (non-hydrogen) atoms. The van der Waals surface area contributed by atoms with Crippen LogP contribution >= 0.6 is 0 Å². The van der Waals surface area contributed by atoms with E-state index in [1.165, 1.54) is 0 Å². The summed E-state index contributed by atoms with van der Waals surface area (Å²) in [6.45, 7) is 37.9. The first kappa shape index (κ1) is 48.6. The Morgan fingerprint density at radius 2 is 0.941 bits per heavy atom. The summed E-state index contributed by atoms with van der Waals surface area (Å²) in [6.07, 6.45) is 0.581. The van der Waals surface area contributed by atoms with Crippen LogP contribution in [0.5, 0.6) is 0 Å². The van der Waals surface area contributed by atoms with E-state index in [0.717, 1.165) is 6.42 Å². The van der Waals surface area contributed by atoms with Crippen LogP contribution in [-0.2, 0) is 47.4 Å². The van der Waals surface area contributed by atoms with Crippen LogP contribution in [0.2, 0.25) is 0 Å². The van der Waals surface area contributed by atoms with Crippen molar-refractivity contribution in [3.63, 3.8) is 0 Å². The Morgan fingerprint density at radius 3 is 1.35 bits per heavy atom. The van der Waals surface area contributed by atoms with E-state index in [1.807, 2.05) is 83.1 Å². The van der Waals surface area contributed by atoms with Crippen LogP contribution in [0.3, 0.4) is 0 Å². The van der Waals surface area contributed by atoms with Gasteiger partial charge in [0.15, 0.2) is 0 Å². The third-order valence-corrected chi connectivity index (χ3v) is 8.12. The second-order valence-corrected chi connectivity index (χ2v) is 18.0. The number of aliphatic hydroxyl groups excluding tert-OH is 1. The average Bonchev–Trinajstić information content (AvgIpc) is 3.55. The van der Waals surface area contributed by atoms with Gasteiger partial charge in [0.05, 0.1) is 79.4 Å². The van der Waals surface area contributed by atoms with E-state index >= 15 is 0 Å². The Bertz CT molecular complexity index is 923. The van der Waals surface area contributed by atoms with E-state index in [0.29, 0.717) is 19.8 Å². The summed E-state index contributed by atoms with van der Waals surface area (Å²) in [5.41, 5.74) is -0.486. The molecule has 0 saturated carbocycles. The monoisotopic (exact) mass is 737 g/mol. The van der Waals surface area contributed by atoms with Crippen LogP contribution in [0, 0.1) is 0 Å².